The number of aryl methyl sites for hydroxylation is 1. The molecule has 0 aliphatic rings. The maximum Gasteiger partial charge on any atom is 0.134 e. The molecule has 3 nitrogen and oxygen atoms in total. The van der Waals surface area contributed by atoms with Crippen molar-refractivity contribution < 1.29 is 0 Å². The lowest BCUT2D eigenvalue weighted by atomic mass is 10.2. The van der Waals surface area contributed by atoms with Crippen LogP contribution in [0.3, 0.4) is 0 Å². The maximum atomic E-state index is 4.72. The summed E-state index contributed by atoms with van der Waals surface area (Å²) < 4.78 is 0. The van der Waals surface area contributed by atoms with E-state index in [1.165, 1.54) is 10.5 Å². The molecule has 106 valence electrons. The number of nitrogens with one attached hydrogen (secondary N) is 1. The van der Waals surface area contributed by atoms with Crippen LogP contribution in [0.4, 0.5) is 5.82 Å². The molecule has 1 heterocycles. The Kier molecular flexibility index (Phi) is 4.65. The van der Waals surface area contributed by atoms with Gasteiger partial charge in [-0.05, 0) is 26.0 Å². The molecule has 0 aliphatic heterocycles. The summed E-state index contributed by atoms with van der Waals surface area (Å²) in [5.41, 5.74) is 2.36. The van der Waals surface area contributed by atoms with Gasteiger partial charge in [-0.3, -0.25) is 0 Å². The van der Waals surface area contributed by atoms with Crippen LogP contribution in [0.15, 0.2) is 34.2 Å². The largest absolute Gasteiger partial charge is 0.373 e. The molecule has 0 bridgehead atoms. The van der Waals surface area contributed by atoms with Crippen molar-refractivity contribution in [1.82, 2.24) is 9.97 Å². The highest BCUT2D eigenvalue weighted by Crippen LogP contribution is 2.32. The van der Waals surface area contributed by atoms with Crippen molar-refractivity contribution in [3.8, 4) is 0 Å². The number of rotatable bonds is 4. The summed E-state index contributed by atoms with van der Waals surface area (Å²) >= 11 is 1.70. The molecule has 1 N–H and O–H groups in total. The van der Waals surface area contributed by atoms with Gasteiger partial charge in [-0.2, -0.15) is 0 Å². The van der Waals surface area contributed by atoms with Gasteiger partial charge in [0.1, 0.15) is 16.7 Å². The Bertz CT molecular complexity index is 609. The van der Waals surface area contributed by atoms with Crippen molar-refractivity contribution in [2.75, 3.05) is 12.4 Å². The Labute approximate surface area is 125 Å². The second-order valence-corrected chi connectivity index (χ2v) is 6.25. The third-order valence-electron chi connectivity index (χ3n) is 3.08. The van der Waals surface area contributed by atoms with Gasteiger partial charge in [-0.25, -0.2) is 9.97 Å². The van der Waals surface area contributed by atoms with E-state index in [0.29, 0.717) is 5.92 Å². The van der Waals surface area contributed by atoms with Crippen molar-refractivity contribution >= 4 is 17.6 Å². The van der Waals surface area contributed by atoms with Crippen LogP contribution in [0.2, 0.25) is 0 Å². The lowest BCUT2D eigenvalue weighted by Crippen LogP contribution is -2.06. The molecule has 1 aromatic carbocycles. The standard InChI is InChI=1S/C16H21N3S/c1-10(2)14-18-15(17-5)12(4)16(19-14)20-13-8-6-7-11(3)9-13/h6-10H,1-5H3,(H,17,18,19). The Hall–Kier alpha value is -1.55. The van der Waals surface area contributed by atoms with E-state index in [1.807, 2.05) is 7.05 Å². The van der Waals surface area contributed by atoms with Gasteiger partial charge >= 0.3 is 0 Å². The SMILES string of the molecule is CNc1nc(C(C)C)nc(Sc2cccc(C)c2)c1C. The summed E-state index contributed by atoms with van der Waals surface area (Å²) in [6.07, 6.45) is 0. The lowest BCUT2D eigenvalue weighted by molar-refractivity contribution is 0.750. The first-order chi connectivity index (χ1) is 9.51. The molecule has 0 fully saturated rings. The third kappa shape index (κ3) is 3.31. The average Bonchev–Trinajstić information content (AvgIpc) is 2.41. The van der Waals surface area contributed by atoms with Gasteiger partial charge < -0.3 is 5.32 Å². The smallest absolute Gasteiger partial charge is 0.134 e. The predicted octanol–water partition coefficient (Wildman–Crippen LogP) is 4.41. The molecule has 0 radical (unpaired) electrons. The summed E-state index contributed by atoms with van der Waals surface area (Å²) in [7, 11) is 1.90. The fourth-order valence-corrected chi connectivity index (χ4v) is 2.91. The first-order valence-electron chi connectivity index (χ1n) is 6.82. The molecule has 1 aromatic heterocycles. The van der Waals surface area contributed by atoms with E-state index in [2.05, 4.69) is 62.3 Å². The molecular weight excluding hydrogens is 266 g/mol. The van der Waals surface area contributed by atoms with Crippen LogP contribution >= 0.6 is 11.8 Å². The lowest BCUT2D eigenvalue weighted by Gasteiger charge is -2.13. The highest BCUT2D eigenvalue weighted by Gasteiger charge is 2.13. The maximum absolute atomic E-state index is 4.72. The number of anilines is 1. The van der Waals surface area contributed by atoms with Crippen LogP contribution in [0.5, 0.6) is 0 Å². The van der Waals surface area contributed by atoms with Crippen LogP contribution in [0, 0.1) is 13.8 Å². The van der Waals surface area contributed by atoms with Gasteiger partial charge in [0, 0.05) is 23.4 Å². The number of benzene rings is 1. The van der Waals surface area contributed by atoms with E-state index >= 15 is 0 Å². The zero-order valence-corrected chi connectivity index (χ0v) is 13.5. The zero-order chi connectivity index (χ0) is 14.7. The minimum atomic E-state index is 0.319. The quantitative estimate of drug-likeness (QED) is 0.845. The van der Waals surface area contributed by atoms with Crippen LogP contribution in [0.25, 0.3) is 0 Å². The van der Waals surface area contributed by atoms with Gasteiger partial charge in [0.25, 0.3) is 0 Å². The molecule has 2 aromatic rings. The molecule has 0 atom stereocenters. The minimum absolute atomic E-state index is 0.319. The monoisotopic (exact) mass is 287 g/mol. The van der Waals surface area contributed by atoms with Crippen molar-refractivity contribution in [3.05, 3.63) is 41.2 Å². The van der Waals surface area contributed by atoms with Crippen LogP contribution < -0.4 is 5.32 Å². The topological polar surface area (TPSA) is 37.8 Å². The van der Waals surface area contributed by atoms with Crippen molar-refractivity contribution in [2.24, 2.45) is 0 Å². The third-order valence-corrected chi connectivity index (χ3v) is 4.16. The van der Waals surface area contributed by atoms with Crippen molar-refractivity contribution in [1.29, 1.82) is 0 Å². The number of hydrogen-bond donors (Lipinski definition) is 1. The average molecular weight is 287 g/mol. The number of aromatic nitrogens is 2. The molecule has 0 saturated carbocycles. The Morgan fingerprint density at radius 3 is 2.50 bits per heavy atom. The molecular formula is C16H21N3S. The van der Waals surface area contributed by atoms with Gasteiger partial charge in [-0.15, -0.1) is 0 Å². The second-order valence-electron chi connectivity index (χ2n) is 5.18. The van der Waals surface area contributed by atoms with Crippen LogP contribution in [0.1, 0.15) is 36.7 Å². The molecule has 0 unspecified atom stereocenters. The summed E-state index contributed by atoms with van der Waals surface area (Å²) in [5, 5.41) is 4.19. The zero-order valence-electron chi connectivity index (χ0n) is 12.7. The van der Waals surface area contributed by atoms with E-state index < -0.39 is 0 Å². The highest BCUT2D eigenvalue weighted by molar-refractivity contribution is 7.99. The number of hydrogen-bond acceptors (Lipinski definition) is 4. The van der Waals surface area contributed by atoms with Crippen LogP contribution in [-0.2, 0) is 0 Å². The summed E-state index contributed by atoms with van der Waals surface area (Å²) in [4.78, 5) is 10.5. The summed E-state index contributed by atoms with van der Waals surface area (Å²) in [6, 6.07) is 8.49. The van der Waals surface area contributed by atoms with Gasteiger partial charge in [0.15, 0.2) is 0 Å². The second kappa shape index (κ2) is 6.27. The summed E-state index contributed by atoms with van der Waals surface area (Å²) in [5.74, 6) is 2.12. The molecule has 0 amide bonds. The Morgan fingerprint density at radius 2 is 1.90 bits per heavy atom. The predicted molar refractivity (Wildman–Crippen MR) is 85.7 cm³/mol. The minimum Gasteiger partial charge on any atom is -0.373 e. The van der Waals surface area contributed by atoms with E-state index in [4.69, 9.17) is 4.98 Å². The van der Waals surface area contributed by atoms with E-state index in [9.17, 15) is 0 Å². The van der Waals surface area contributed by atoms with E-state index in [-0.39, 0.29) is 0 Å². The Balaban J connectivity index is 2.42. The van der Waals surface area contributed by atoms with E-state index in [0.717, 1.165) is 22.2 Å². The number of nitrogens with zero attached hydrogens (tertiary/aromatic N) is 2. The normalized spacial score (nSPS) is 10.9. The van der Waals surface area contributed by atoms with Gasteiger partial charge in [0.05, 0.1) is 0 Å². The van der Waals surface area contributed by atoms with Gasteiger partial charge in [-0.1, -0.05) is 43.3 Å². The van der Waals surface area contributed by atoms with Crippen molar-refractivity contribution in [3.63, 3.8) is 0 Å². The fourth-order valence-electron chi connectivity index (χ4n) is 1.90. The summed E-state index contributed by atoms with van der Waals surface area (Å²) in [6.45, 7) is 8.40. The van der Waals surface area contributed by atoms with Crippen molar-refractivity contribution in [2.45, 2.75) is 43.5 Å². The van der Waals surface area contributed by atoms with Crippen LogP contribution in [-0.4, -0.2) is 17.0 Å². The molecule has 0 aliphatic carbocycles. The molecule has 0 saturated heterocycles. The molecule has 20 heavy (non-hydrogen) atoms. The Morgan fingerprint density at radius 1 is 1.15 bits per heavy atom. The first-order valence-corrected chi connectivity index (χ1v) is 7.63. The molecule has 0 spiro atoms. The highest BCUT2D eigenvalue weighted by atomic mass is 32.2. The first kappa shape index (κ1) is 14.9. The molecule has 2 rings (SSSR count). The van der Waals surface area contributed by atoms with E-state index in [1.54, 1.807) is 11.8 Å². The fraction of sp³-hybridized carbons (Fsp3) is 0.375. The van der Waals surface area contributed by atoms with Gasteiger partial charge in [0.2, 0.25) is 0 Å². The molecule has 4 heteroatoms.